The smallest absolute Gasteiger partial charge is 0.340 e. The quantitative estimate of drug-likeness (QED) is 0.672. The second kappa shape index (κ2) is 4.79. The number of anilines is 1. The van der Waals surface area contributed by atoms with E-state index >= 15 is 0 Å². The minimum atomic E-state index is -0.404. The monoisotopic (exact) mass is 321 g/mol. The van der Waals surface area contributed by atoms with Gasteiger partial charge in [-0.05, 0) is 50.9 Å². The fourth-order valence-corrected chi connectivity index (χ4v) is 1.64. The Labute approximate surface area is 98.9 Å². The number of rotatable bonds is 2. The van der Waals surface area contributed by atoms with Crippen LogP contribution in [0.2, 0.25) is 0 Å². The van der Waals surface area contributed by atoms with Crippen LogP contribution in [-0.2, 0) is 4.74 Å². The zero-order valence-electron chi connectivity index (χ0n) is 7.51. The van der Waals surface area contributed by atoms with Crippen LogP contribution in [0.4, 0.5) is 5.69 Å². The van der Waals surface area contributed by atoms with Crippen LogP contribution in [0.15, 0.2) is 21.1 Å². The van der Waals surface area contributed by atoms with Crippen LogP contribution in [0.25, 0.3) is 0 Å². The molecular formula is C9H9Br2NO2. The highest BCUT2D eigenvalue weighted by Crippen LogP contribution is 2.31. The molecule has 0 unspecified atom stereocenters. The summed E-state index contributed by atoms with van der Waals surface area (Å²) in [6.07, 6.45) is 0. The van der Waals surface area contributed by atoms with Crippen LogP contribution < -0.4 is 5.73 Å². The van der Waals surface area contributed by atoms with E-state index in [1.807, 2.05) is 0 Å². The Morgan fingerprint density at radius 1 is 1.50 bits per heavy atom. The van der Waals surface area contributed by atoms with E-state index in [-0.39, 0.29) is 0 Å². The first-order chi connectivity index (χ1) is 6.57. The molecular weight excluding hydrogens is 314 g/mol. The summed E-state index contributed by atoms with van der Waals surface area (Å²) in [4.78, 5) is 11.4. The Balaban J connectivity index is 3.11. The lowest BCUT2D eigenvalue weighted by atomic mass is 10.2. The minimum Gasteiger partial charge on any atom is -0.462 e. The molecule has 5 heteroatoms. The van der Waals surface area contributed by atoms with Gasteiger partial charge in [-0.2, -0.15) is 0 Å². The molecule has 2 N–H and O–H groups in total. The van der Waals surface area contributed by atoms with Crippen molar-refractivity contribution in [2.24, 2.45) is 0 Å². The second-order valence-corrected chi connectivity index (χ2v) is 4.19. The third kappa shape index (κ3) is 2.27. The molecule has 0 aliphatic rings. The zero-order chi connectivity index (χ0) is 10.7. The maximum atomic E-state index is 11.4. The van der Waals surface area contributed by atoms with Gasteiger partial charge in [-0.15, -0.1) is 0 Å². The van der Waals surface area contributed by atoms with E-state index in [1.165, 1.54) is 0 Å². The molecule has 1 aromatic rings. The third-order valence-corrected chi connectivity index (χ3v) is 3.68. The molecule has 76 valence electrons. The van der Waals surface area contributed by atoms with Crippen molar-refractivity contribution in [1.82, 2.24) is 0 Å². The largest absolute Gasteiger partial charge is 0.462 e. The molecule has 0 aliphatic heterocycles. The topological polar surface area (TPSA) is 52.3 Å². The van der Waals surface area contributed by atoms with E-state index < -0.39 is 5.97 Å². The molecule has 0 spiro atoms. The summed E-state index contributed by atoms with van der Waals surface area (Å²) in [6.45, 7) is 2.09. The first-order valence-electron chi connectivity index (χ1n) is 3.98. The molecule has 1 rings (SSSR count). The van der Waals surface area contributed by atoms with Gasteiger partial charge in [-0.25, -0.2) is 4.79 Å². The van der Waals surface area contributed by atoms with Gasteiger partial charge in [0.1, 0.15) is 0 Å². The Hall–Kier alpha value is -0.550. The number of esters is 1. The van der Waals surface area contributed by atoms with Crippen molar-refractivity contribution < 1.29 is 9.53 Å². The van der Waals surface area contributed by atoms with Crippen molar-refractivity contribution in [3.63, 3.8) is 0 Å². The van der Waals surface area contributed by atoms with Crippen LogP contribution in [0, 0.1) is 0 Å². The maximum Gasteiger partial charge on any atom is 0.340 e. The van der Waals surface area contributed by atoms with Crippen LogP contribution in [0.1, 0.15) is 17.3 Å². The summed E-state index contributed by atoms with van der Waals surface area (Å²) < 4.78 is 6.33. The van der Waals surface area contributed by atoms with Gasteiger partial charge in [0, 0.05) is 4.47 Å². The highest BCUT2D eigenvalue weighted by Gasteiger charge is 2.14. The van der Waals surface area contributed by atoms with E-state index in [0.29, 0.717) is 22.3 Å². The SMILES string of the molecule is CCOC(=O)c1ccc(Br)c(Br)c1N. The van der Waals surface area contributed by atoms with Gasteiger partial charge in [0.2, 0.25) is 0 Å². The van der Waals surface area contributed by atoms with Crippen LogP contribution in [-0.4, -0.2) is 12.6 Å². The minimum absolute atomic E-state index is 0.339. The summed E-state index contributed by atoms with van der Waals surface area (Å²) in [5, 5.41) is 0. The number of nitrogens with two attached hydrogens (primary N) is 1. The Morgan fingerprint density at radius 2 is 2.14 bits per heavy atom. The maximum absolute atomic E-state index is 11.4. The molecule has 0 saturated heterocycles. The molecule has 0 radical (unpaired) electrons. The molecule has 0 aromatic heterocycles. The van der Waals surface area contributed by atoms with Crippen molar-refractivity contribution >= 4 is 43.5 Å². The molecule has 0 fully saturated rings. The van der Waals surface area contributed by atoms with Gasteiger partial charge in [-0.3, -0.25) is 0 Å². The number of nitrogen functional groups attached to an aromatic ring is 1. The average molecular weight is 323 g/mol. The number of halogens is 2. The van der Waals surface area contributed by atoms with E-state index in [1.54, 1.807) is 19.1 Å². The highest BCUT2D eigenvalue weighted by molar-refractivity contribution is 9.13. The number of hydrogen-bond acceptors (Lipinski definition) is 3. The highest BCUT2D eigenvalue weighted by atomic mass is 79.9. The van der Waals surface area contributed by atoms with Gasteiger partial charge >= 0.3 is 5.97 Å². The third-order valence-electron chi connectivity index (χ3n) is 1.63. The fraction of sp³-hybridized carbons (Fsp3) is 0.222. The molecule has 0 atom stereocenters. The van der Waals surface area contributed by atoms with Crippen LogP contribution >= 0.6 is 31.9 Å². The normalized spacial score (nSPS) is 9.93. The van der Waals surface area contributed by atoms with Crippen molar-refractivity contribution in [3.05, 3.63) is 26.6 Å². The first-order valence-corrected chi connectivity index (χ1v) is 5.57. The molecule has 3 nitrogen and oxygen atoms in total. The lowest BCUT2D eigenvalue weighted by molar-refractivity contribution is 0.0527. The first kappa shape index (κ1) is 11.5. The molecule has 0 amide bonds. The number of ether oxygens (including phenoxy) is 1. The van der Waals surface area contributed by atoms with Gasteiger partial charge in [0.15, 0.2) is 0 Å². The number of benzene rings is 1. The lowest BCUT2D eigenvalue weighted by Gasteiger charge is -2.07. The van der Waals surface area contributed by atoms with E-state index in [9.17, 15) is 4.79 Å². The summed E-state index contributed by atoms with van der Waals surface area (Å²) in [7, 11) is 0. The number of hydrogen-bond donors (Lipinski definition) is 1. The van der Waals surface area contributed by atoms with Crippen molar-refractivity contribution in [2.45, 2.75) is 6.92 Å². The van der Waals surface area contributed by atoms with E-state index in [2.05, 4.69) is 31.9 Å². The van der Waals surface area contributed by atoms with Crippen molar-refractivity contribution in [2.75, 3.05) is 12.3 Å². The number of carbonyl (C=O) groups is 1. The summed E-state index contributed by atoms with van der Waals surface area (Å²) >= 11 is 6.56. The zero-order valence-corrected chi connectivity index (χ0v) is 10.7. The average Bonchev–Trinajstić information content (AvgIpc) is 2.15. The van der Waals surface area contributed by atoms with Crippen molar-refractivity contribution in [3.8, 4) is 0 Å². The predicted molar refractivity (Wildman–Crippen MR) is 62.2 cm³/mol. The fourth-order valence-electron chi connectivity index (χ4n) is 0.953. The molecule has 0 bridgehead atoms. The standard InChI is InChI=1S/C9H9Br2NO2/c1-2-14-9(13)5-3-4-6(10)7(11)8(5)12/h3-4H,2,12H2,1H3. The second-order valence-electron chi connectivity index (χ2n) is 2.54. The Bertz CT molecular complexity index is 366. The summed E-state index contributed by atoms with van der Waals surface area (Å²) in [5.74, 6) is -0.404. The lowest BCUT2D eigenvalue weighted by Crippen LogP contribution is -2.08. The van der Waals surface area contributed by atoms with Crippen molar-refractivity contribution in [1.29, 1.82) is 0 Å². The molecule has 0 heterocycles. The van der Waals surface area contributed by atoms with Gasteiger partial charge < -0.3 is 10.5 Å². The van der Waals surface area contributed by atoms with E-state index in [0.717, 1.165) is 4.47 Å². The molecule has 14 heavy (non-hydrogen) atoms. The van der Waals surface area contributed by atoms with E-state index in [4.69, 9.17) is 10.5 Å². The molecule has 0 saturated carbocycles. The van der Waals surface area contributed by atoms with Crippen LogP contribution in [0.3, 0.4) is 0 Å². The van der Waals surface area contributed by atoms with Gasteiger partial charge in [0.05, 0.1) is 22.3 Å². The Kier molecular flexibility index (Phi) is 3.95. The summed E-state index contributed by atoms with van der Waals surface area (Å²) in [5.41, 5.74) is 6.50. The Morgan fingerprint density at radius 3 is 2.71 bits per heavy atom. The van der Waals surface area contributed by atoms with Crippen LogP contribution in [0.5, 0.6) is 0 Å². The molecule has 1 aromatic carbocycles. The summed E-state index contributed by atoms with van der Waals surface area (Å²) in [6, 6.07) is 3.37. The predicted octanol–water partition coefficient (Wildman–Crippen LogP) is 2.97. The van der Waals surface area contributed by atoms with Gasteiger partial charge in [-0.1, -0.05) is 0 Å². The van der Waals surface area contributed by atoms with Gasteiger partial charge in [0.25, 0.3) is 0 Å². The number of carbonyl (C=O) groups excluding carboxylic acids is 1. The molecule has 0 aliphatic carbocycles.